The molecule has 1 heterocycles. The van der Waals surface area contributed by atoms with Crippen molar-refractivity contribution >= 4 is 16.8 Å². The van der Waals surface area contributed by atoms with Crippen LogP contribution in [0.1, 0.15) is 51.4 Å². The highest BCUT2D eigenvalue weighted by atomic mass is 19.1. The van der Waals surface area contributed by atoms with Crippen molar-refractivity contribution in [2.45, 2.75) is 45.6 Å². The Labute approximate surface area is 175 Å². The number of halogens is 1. The molecule has 0 N–H and O–H groups in total. The molecule has 1 aliphatic carbocycles. The van der Waals surface area contributed by atoms with Gasteiger partial charge in [-0.3, -0.25) is 14.2 Å². The van der Waals surface area contributed by atoms with E-state index in [2.05, 4.69) is 6.92 Å². The minimum Gasteiger partial charge on any atom is -0.333 e. The van der Waals surface area contributed by atoms with Crippen LogP contribution in [0, 0.1) is 11.7 Å². The van der Waals surface area contributed by atoms with E-state index >= 15 is 0 Å². The molecular formula is C24H26FN3O2. The molecule has 5 nitrogen and oxygen atoms in total. The summed E-state index contributed by atoms with van der Waals surface area (Å²) in [5.41, 5.74) is 0.913. The lowest BCUT2D eigenvalue weighted by Crippen LogP contribution is -2.38. The molecular weight excluding hydrogens is 381 g/mol. The molecule has 6 heteroatoms. The van der Waals surface area contributed by atoms with Gasteiger partial charge in [0.1, 0.15) is 11.6 Å². The molecule has 3 aromatic rings. The second kappa shape index (κ2) is 8.38. The molecule has 0 spiro atoms. The van der Waals surface area contributed by atoms with Crippen LogP contribution in [0.15, 0.2) is 53.3 Å². The molecule has 0 bridgehead atoms. The molecule has 1 unspecified atom stereocenters. The van der Waals surface area contributed by atoms with Gasteiger partial charge in [-0.15, -0.1) is 0 Å². The lowest BCUT2D eigenvalue weighted by molar-refractivity contribution is -0.135. The number of carbonyl (C=O) groups excluding carboxylic acids is 1. The summed E-state index contributed by atoms with van der Waals surface area (Å²) in [6.45, 7) is 4.64. The standard InChI is InChI=1S/C24H26FN3O2/c1-3-4-15-27(23(29)17-9-10-17)16(2)22-26-21-8-6-5-7-20(21)24(30)28(22)19-13-11-18(25)12-14-19/h5-8,11-14,16-17H,3-4,9-10,15H2,1-2H3. The lowest BCUT2D eigenvalue weighted by atomic mass is 10.1. The number of amides is 1. The molecule has 30 heavy (non-hydrogen) atoms. The second-order valence-electron chi connectivity index (χ2n) is 7.94. The third kappa shape index (κ3) is 3.86. The number of benzene rings is 2. The molecule has 1 aromatic heterocycles. The predicted octanol–water partition coefficient (Wildman–Crippen LogP) is 4.62. The Morgan fingerprint density at radius 2 is 1.90 bits per heavy atom. The molecule has 1 fully saturated rings. The molecule has 2 aromatic carbocycles. The molecule has 1 saturated carbocycles. The van der Waals surface area contributed by atoms with Crippen LogP contribution in [-0.4, -0.2) is 26.9 Å². The van der Waals surface area contributed by atoms with Crippen molar-refractivity contribution in [2.75, 3.05) is 6.54 Å². The van der Waals surface area contributed by atoms with Crippen LogP contribution in [0.4, 0.5) is 4.39 Å². The quantitative estimate of drug-likeness (QED) is 0.574. The van der Waals surface area contributed by atoms with Gasteiger partial charge in [-0.1, -0.05) is 25.5 Å². The van der Waals surface area contributed by atoms with Gasteiger partial charge in [0.05, 0.1) is 22.6 Å². The zero-order valence-electron chi connectivity index (χ0n) is 17.3. The van der Waals surface area contributed by atoms with Crippen molar-refractivity contribution in [3.05, 3.63) is 70.5 Å². The Kier molecular flexibility index (Phi) is 5.66. The fourth-order valence-corrected chi connectivity index (χ4v) is 3.80. The highest BCUT2D eigenvalue weighted by Crippen LogP contribution is 2.34. The molecule has 1 amide bonds. The van der Waals surface area contributed by atoms with E-state index in [0.717, 1.165) is 25.7 Å². The van der Waals surface area contributed by atoms with E-state index in [1.54, 1.807) is 30.3 Å². The van der Waals surface area contributed by atoms with Crippen molar-refractivity contribution < 1.29 is 9.18 Å². The van der Waals surface area contributed by atoms with Gasteiger partial charge < -0.3 is 4.90 Å². The van der Waals surface area contributed by atoms with Gasteiger partial charge in [-0.05, 0) is 62.6 Å². The van der Waals surface area contributed by atoms with E-state index < -0.39 is 0 Å². The van der Waals surface area contributed by atoms with Crippen molar-refractivity contribution in [2.24, 2.45) is 5.92 Å². The highest BCUT2D eigenvalue weighted by molar-refractivity contribution is 5.82. The number of nitrogens with zero attached hydrogens (tertiary/aromatic N) is 3. The Morgan fingerprint density at radius 1 is 1.20 bits per heavy atom. The van der Waals surface area contributed by atoms with Gasteiger partial charge in [0.25, 0.3) is 5.56 Å². The minimum atomic E-state index is -0.382. The minimum absolute atomic E-state index is 0.0794. The van der Waals surface area contributed by atoms with Gasteiger partial charge in [-0.25, -0.2) is 9.37 Å². The monoisotopic (exact) mass is 407 g/mol. The smallest absolute Gasteiger partial charge is 0.266 e. The fraction of sp³-hybridized carbons (Fsp3) is 0.375. The molecule has 0 aliphatic heterocycles. The largest absolute Gasteiger partial charge is 0.333 e. The van der Waals surface area contributed by atoms with Crippen LogP contribution in [0.3, 0.4) is 0 Å². The number of fused-ring (bicyclic) bond motifs is 1. The van der Waals surface area contributed by atoms with Crippen LogP contribution < -0.4 is 5.56 Å². The normalized spacial score (nSPS) is 14.6. The number of carbonyl (C=O) groups is 1. The number of unbranched alkanes of at least 4 members (excludes halogenated alkanes) is 1. The van der Waals surface area contributed by atoms with Crippen LogP contribution >= 0.6 is 0 Å². The van der Waals surface area contributed by atoms with Gasteiger partial charge in [0.2, 0.25) is 5.91 Å². The number of hydrogen-bond acceptors (Lipinski definition) is 3. The summed E-state index contributed by atoms with van der Waals surface area (Å²) in [5.74, 6) is 0.332. The maximum Gasteiger partial charge on any atom is 0.266 e. The van der Waals surface area contributed by atoms with E-state index in [9.17, 15) is 14.0 Å². The topological polar surface area (TPSA) is 55.2 Å². The van der Waals surface area contributed by atoms with Crippen LogP contribution in [-0.2, 0) is 4.79 Å². The zero-order chi connectivity index (χ0) is 21.3. The summed E-state index contributed by atoms with van der Waals surface area (Å²) in [6.07, 6.45) is 3.70. The molecule has 1 atom stereocenters. The summed E-state index contributed by atoms with van der Waals surface area (Å²) in [6, 6.07) is 12.6. The van der Waals surface area contributed by atoms with Gasteiger partial charge >= 0.3 is 0 Å². The van der Waals surface area contributed by atoms with Crippen LogP contribution in [0.5, 0.6) is 0 Å². The van der Waals surface area contributed by atoms with E-state index in [0.29, 0.717) is 29.0 Å². The first-order valence-corrected chi connectivity index (χ1v) is 10.6. The molecule has 1 aliphatic rings. The molecule has 0 radical (unpaired) electrons. The third-order valence-electron chi connectivity index (χ3n) is 5.69. The predicted molar refractivity (Wildman–Crippen MR) is 115 cm³/mol. The van der Waals surface area contributed by atoms with E-state index in [1.807, 2.05) is 17.9 Å². The fourth-order valence-electron chi connectivity index (χ4n) is 3.80. The number of rotatable bonds is 7. The molecule has 4 rings (SSSR count). The number of hydrogen-bond donors (Lipinski definition) is 0. The number of para-hydroxylation sites is 1. The molecule has 0 saturated heterocycles. The van der Waals surface area contributed by atoms with E-state index in [1.165, 1.54) is 16.7 Å². The average Bonchev–Trinajstić information content (AvgIpc) is 3.60. The van der Waals surface area contributed by atoms with Gasteiger partial charge in [0.15, 0.2) is 0 Å². The Balaban J connectivity index is 1.89. The lowest BCUT2D eigenvalue weighted by Gasteiger charge is -2.30. The van der Waals surface area contributed by atoms with Crippen molar-refractivity contribution in [1.29, 1.82) is 0 Å². The number of aromatic nitrogens is 2. The Morgan fingerprint density at radius 3 is 2.57 bits per heavy atom. The summed E-state index contributed by atoms with van der Waals surface area (Å²) in [4.78, 5) is 33.1. The Bertz CT molecular complexity index is 1120. The zero-order valence-corrected chi connectivity index (χ0v) is 17.3. The van der Waals surface area contributed by atoms with Crippen LogP contribution in [0.2, 0.25) is 0 Å². The first-order chi connectivity index (χ1) is 14.5. The SMILES string of the molecule is CCCCN(C(=O)C1CC1)C(C)c1nc2ccccc2c(=O)n1-c1ccc(F)cc1. The van der Waals surface area contributed by atoms with Crippen molar-refractivity contribution in [3.8, 4) is 5.69 Å². The highest BCUT2D eigenvalue weighted by Gasteiger charge is 2.36. The third-order valence-corrected chi connectivity index (χ3v) is 5.69. The average molecular weight is 407 g/mol. The maximum absolute atomic E-state index is 13.5. The summed E-state index contributed by atoms with van der Waals surface area (Å²) >= 11 is 0. The Hall–Kier alpha value is -3.02. The molecule has 156 valence electrons. The summed E-state index contributed by atoms with van der Waals surface area (Å²) in [5, 5.41) is 0.492. The van der Waals surface area contributed by atoms with E-state index in [-0.39, 0.29) is 29.2 Å². The first kappa shape index (κ1) is 20.3. The first-order valence-electron chi connectivity index (χ1n) is 10.6. The van der Waals surface area contributed by atoms with Gasteiger partial charge in [0, 0.05) is 12.5 Å². The van der Waals surface area contributed by atoms with Crippen molar-refractivity contribution in [3.63, 3.8) is 0 Å². The van der Waals surface area contributed by atoms with Crippen molar-refractivity contribution in [1.82, 2.24) is 14.5 Å². The van der Waals surface area contributed by atoms with Gasteiger partial charge in [-0.2, -0.15) is 0 Å². The summed E-state index contributed by atoms with van der Waals surface area (Å²) in [7, 11) is 0. The second-order valence-corrected chi connectivity index (χ2v) is 7.94. The van der Waals surface area contributed by atoms with Crippen LogP contribution in [0.25, 0.3) is 16.6 Å². The maximum atomic E-state index is 13.5. The summed E-state index contributed by atoms with van der Waals surface area (Å²) < 4.78 is 15.0. The van der Waals surface area contributed by atoms with E-state index in [4.69, 9.17) is 4.98 Å².